The van der Waals surface area contributed by atoms with Crippen LogP contribution in [0, 0.1) is 0 Å². The Morgan fingerprint density at radius 1 is 0.907 bits per heavy atom. The SMILES string of the molecule is O=C(C1=CC(c2coc3ccccc23)CC(OCc2ccc(CO)cc2)O1)N1CCN(Cc2ccc3c(c2)OCO3)CC1. The summed E-state index contributed by atoms with van der Waals surface area (Å²) < 4.78 is 29.2. The van der Waals surface area contributed by atoms with Crippen LogP contribution in [0.25, 0.3) is 11.0 Å². The van der Waals surface area contributed by atoms with Gasteiger partial charge in [-0.15, -0.1) is 0 Å². The van der Waals surface area contributed by atoms with Crippen LogP contribution in [0.2, 0.25) is 0 Å². The minimum Gasteiger partial charge on any atom is -0.464 e. The highest BCUT2D eigenvalue weighted by Gasteiger charge is 2.33. The lowest BCUT2D eigenvalue weighted by atomic mass is 9.92. The number of rotatable bonds is 8. The van der Waals surface area contributed by atoms with Crippen LogP contribution in [-0.4, -0.2) is 60.1 Å². The van der Waals surface area contributed by atoms with E-state index in [-0.39, 0.29) is 25.2 Å². The third-order valence-electron chi connectivity index (χ3n) is 8.32. The van der Waals surface area contributed by atoms with Crippen LogP contribution in [0.3, 0.4) is 0 Å². The fourth-order valence-electron chi connectivity index (χ4n) is 5.91. The van der Waals surface area contributed by atoms with E-state index in [2.05, 4.69) is 11.0 Å². The van der Waals surface area contributed by atoms with Gasteiger partial charge in [-0.25, -0.2) is 0 Å². The van der Waals surface area contributed by atoms with Crippen molar-refractivity contribution in [2.24, 2.45) is 0 Å². The van der Waals surface area contributed by atoms with Crippen LogP contribution in [0.5, 0.6) is 11.5 Å². The molecule has 0 saturated carbocycles. The van der Waals surface area contributed by atoms with Gasteiger partial charge in [-0.1, -0.05) is 48.5 Å². The Kier molecular flexibility index (Phi) is 7.76. The van der Waals surface area contributed by atoms with Gasteiger partial charge >= 0.3 is 0 Å². The van der Waals surface area contributed by atoms with Crippen LogP contribution in [0.4, 0.5) is 0 Å². The highest BCUT2D eigenvalue weighted by molar-refractivity contribution is 5.92. The van der Waals surface area contributed by atoms with Crippen molar-refractivity contribution in [3.8, 4) is 11.5 Å². The predicted molar refractivity (Wildman–Crippen MR) is 158 cm³/mol. The minimum atomic E-state index is -0.604. The number of ether oxygens (including phenoxy) is 4. The lowest BCUT2D eigenvalue weighted by Gasteiger charge is -2.36. The summed E-state index contributed by atoms with van der Waals surface area (Å²) in [5, 5.41) is 10.4. The Morgan fingerprint density at radius 2 is 1.67 bits per heavy atom. The molecule has 4 heterocycles. The molecule has 1 aromatic heterocycles. The maximum absolute atomic E-state index is 13.8. The highest BCUT2D eigenvalue weighted by atomic mass is 16.7. The van der Waals surface area contributed by atoms with E-state index in [0.29, 0.717) is 31.9 Å². The van der Waals surface area contributed by atoms with E-state index in [4.69, 9.17) is 23.4 Å². The molecule has 7 rings (SSSR count). The summed E-state index contributed by atoms with van der Waals surface area (Å²) in [6, 6.07) is 21.6. The third-order valence-corrected chi connectivity index (χ3v) is 8.32. The molecule has 1 amide bonds. The van der Waals surface area contributed by atoms with E-state index in [0.717, 1.165) is 64.4 Å². The van der Waals surface area contributed by atoms with Gasteiger partial charge in [0.15, 0.2) is 17.3 Å². The van der Waals surface area contributed by atoms with E-state index in [9.17, 15) is 9.90 Å². The normalized spacial score (nSPS) is 20.2. The number of carbonyl (C=O) groups excluding carboxylic acids is 1. The molecular weight excluding hydrogens is 548 g/mol. The number of hydrogen-bond donors (Lipinski definition) is 1. The maximum atomic E-state index is 13.8. The number of nitrogens with zero attached hydrogens (tertiary/aromatic N) is 2. The lowest BCUT2D eigenvalue weighted by Crippen LogP contribution is -2.49. The number of carbonyl (C=O) groups is 1. The van der Waals surface area contributed by atoms with Crippen molar-refractivity contribution in [1.29, 1.82) is 0 Å². The first-order valence-electron chi connectivity index (χ1n) is 14.7. The Balaban J connectivity index is 1.04. The number of furan rings is 1. The van der Waals surface area contributed by atoms with Gasteiger partial charge in [-0.3, -0.25) is 9.69 Å². The molecule has 1 saturated heterocycles. The van der Waals surface area contributed by atoms with E-state index in [1.807, 2.05) is 71.6 Å². The summed E-state index contributed by atoms with van der Waals surface area (Å²) in [4.78, 5) is 18.0. The van der Waals surface area contributed by atoms with Gasteiger partial charge in [-0.2, -0.15) is 0 Å². The molecule has 0 aliphatic carbocycles. The van der Waals surface area contributed by atoms with Gasteiger partial charge < -0.3 is 33.4 Å². The van der Waals surface area contributed by atoms with E-state index in [1.165, 1.54) is 0 Å². The van der Waals surface area contributed by atoms with Gasteiger partial charge in [0.2, 0.25) is 13.1 Å². The Hall–Kier alpha value is -4.31. The first-order chi connectivity index (χ1) is 21.1. The first-order valence-corrected chi connectivity index (χ1v) is 14.7. The molecule has 0 spiro atoms. The van der Waals surface area contributed by atoms with E-state index < -0.39 is 6.29 Å². The molecule has 43 heavy (non-hydrogen) atoms. The van der Waals surface area contributed by atoms with E-state index in [1.54, 1.807) is 6.26 Å². The van der Waals surface area contributed by atoms with Crippen molar-refractivity contribution in [3.63, 3.8) is 0 Å². The van der Waals surface area contributed by atoms with Crippen LogP contribution in [0.15, 0.2) is 89.2 Å². The molecule has 3 aromatic carbocycles. The molecule has 0 bridgehead atoms. The van der Waals surface area contributed by atoms with Gasteiger partial charge in [0, 0.05) is 56.0 Å². The van der Waals surface area contributed by atoms with Crippen LogP contribution in [-0.2, 0) is 34.0 Å². The van der Waals surface area contributed by atoms with Gasteiger partial charge in [0.05, 0.1) is 19.5 Å². The molecule has 2 unspecified atom stereocenters. The van der Waals surface area contributed by atoms with Crippen molar-refractivity contribution >= 4 is 16.9 Å². The van der Waals surface area contributed by atoms with Crippen molar-refractivity contribution in [1.82, 2.24) is 9.80 Å². The molecule has 4 aromatic rings. The minimum absolute atomic E-state index is 0.00382. The molecule has 0 radical (unpaired) electrons. The molecular formula is C34H34N2O7. The van der Waals surface area contributed by atoms with Gasteiger partial charge in [-0.05, 0) is 41.0 Å². The van der Waals surface area contributed by atoms with Crippen LogP contribution in [0.1, 0.15) is 34.6 Å². The summed E-state index contributed by atoms with van der Waals surface area (Å²) >= 11 is 0. The third kappa shape index (κ3) is 5.97. The number of aliphatic hydroxyl groups excluding tert-OH is 1. The zero-order chi connectivity index (χ0) is 29.2. The van der Waals surface area contributed by atoms with Crippen molar-refractivity contribution in [2.75, 3.05) is 33.0 Å². The molecule has 9 nitrogen and oxygen atoms in total. The second kappa shape index (κ2) is 12.1. The standard InChI is InChI=1S/C34H34N2O7/c37-19-23-5-7-24(8-6-23)20-40-33-17-26(28-21-39-29-4-2-1-3-27(28)29)16-32(43-33)34(38)36-13-11-35(12-14-36)18-25-9-10-30-31(15-25)42-22-41-30/h1-10,15-16,21,26,33,37H,11-14,17-20,22H2. The fraction of sp³-hybridized carbons (Fsp3) is 0.324. The first kappa shape index (κ1) is 27.5. The highest BCUT2D eigenvalue weighted by Crippen LogP contribution is 2.37. The second-order valence-corrected chi connectivity index (χ2v) is 11.1. The van der Waals surface area contributed by atoms with Crippen LogP contribution < -0.4 is 9.47 Å². The molecule has 1 N–H and O–H groups in total. The zero-order valence-corrected chi connectivity index (χ0v) is 23.8. The largest absolute Gasteiger partial charge is 0.464 e. The summed E-state index contributed by atoms with van der Waals surface area (Å²) in [6.07, 6.45) is 3.65. The number of fused-ring (bicyclic) bond motifs is 2. The molecule has 3 aliphatic rings. The van der Waals surface area contributed by atoms with E-state index >= 15 is 0 Å². The molecule has 3 aliphatic heterocycles. The zero-order valence-electron chi connectivity index (χ0n) is 23.8. The quantitative estimate of drug-likeness (QED) is 0.313. The average molecular weight is 583 g/mol. The monoisotopic (exact) mass is 582 g/mol. The van der Waals surface area contributed by atoms with Crippen molar-refractivity contribution < 1.29 is 33.3 Å². The van der Waals surface area contributed by atoms with Gasteiger partial charge in [0.25, 0.3) is 5.91 Å². The van der Waals surface area contributed by atoms with Gasteiger partial charge in [0.1, 0.15) is 5.58 Å². The predicted octanol–water partition coefficient (Wildman–Crippen LogP) is 4.93. The van der Waals surface area contributed by atoms with Crippen LogP contribution >= 0.6 is 0 Å². The summed E-state index contributed by atoms with van der Waals surface area (Å²) in [7, 11) is 0. The molecule has 2 atom stereocenters. The lowest BCUT2D eigenvalue weighted by molar-refractivity contribution is -0.157. The Bertz CT molecular complexity index is 1620. The number of benzene rings is 3. The number of hydrogen-bond acceptors (Lipinski definition) is 8. The molecule has 222 valence electrons. The average Bonchev–Trinajstić information content (AvgIpc) is 3.71. The Morgan fingerprint density at radius 3 is 2.51 bits per heavy atom. The topological polar surface area (TPSA) is 93.8 Å². The molecule has 9 heteroatoms. The number of allylic oxidation sites excluding steroid dienone is 1. The summed E-state index contributed by atoms with van der Waals surface area (Å²) in [5.74, 6) is 1.65. The number of para-hydroxylation sites is 1. The Labute approximate surface area is 249 Å². The summed E-state index contributed by atoms with van der Waals surface area (Å²) in [5.41, 5.74) is 4.79. The second-order valence-electron chi connectivity index (χ2n) is 11.1. The fourth-order valence-corrected chi connectivity index (χ4v) is 5.91. The number of piperazine rings is 1. The summed E-state index contributed by atoms with van der Waals surface area (Å²) in [6.45, 7) is 4.09. The molecule has 1 fully saturated rings. The van der Waals surface area contributed by atoms with Crippen molar-refractivity contribution in [2.45, 2.75) is 38.4 Å². The number of aliphatic hydroxyl groups is 1. The van der Waals surface area contributed by atoms with Crippen molar-refractivity contribution in [3.05, 3.63) is 107 Å². The number of amides is 1. The smallest absolute Gasteiger partial charge is 0.288 e. The maximum Gasteiger partial charge on any atom is 0.288 e.